The van der Waals surface area contributed by atoms with Crippen molar-refractivity contribution in [1.29, 1.82) is 5.41 Å². The minimum atomic E-state index is -0.422. The number of anilines is 2. The third-order valence-corrected chi connectivity index (χ3v) is 5.48. The Morgan fingerprint density at radius 3 is 2.59 bits per heavy atom. The third kappa shape index (κ3) is 5.36. The van der Waals surface area contributed by atoms with Crippen LogP contribution in [0.1, 0.15) is 21.6 Å². The molecule has 3 N–H and O–H groups in total. The Bertz CT molecular complexity index is 1110. The SMILES string of the molecule is N=C(Nc1ccc(F)c(Br)c1)c1nonc1NC(=O)c1ccc(CN2CCOCC2)cc1. The number of nitrogens with zero attached hydrogens (tertiary/aromatic N) is 3. The number of halogens is 2. The summed E-state index contributed by atoms with van der Waals surface area (Å²) in [7, 11) is 0. The summed E-state index contributed by atoms with van der Waals surface area (Å²) in [5.41, 5.74) is 2.01. The van der Waals surface area contributed by atoms with E-state index in [0.29, 0.717) is 11.3 Å². The van der Waals surface area contributed by atoms with Gasteiger partial charge in [-0.05, 0) is 62.1 Å². The van der Waals surface area contributed by atoms with Gasteiger partial charge in [0.15, 0.2) is 11.5 Å². The normalized spacial score (nSPS) is 14.2. The van der Waals surface area contributed by atoms with Crippen molar-refractivity contribution in [2.75, 3.05) is 36.9 Å². The van der Waals surface area contributed by atoms with E-state index in [4.69, 9.17) is 14.8 Å². The molecule has 2 aromatic carbocycles. The minimum Gasteiger partial charge on any atom is -0.379 e. The van der Waals surface area contributed by atoms with Gasteiger partial charge in [0.05, 0.1) is 17.7 Å². The van der Waals surface area contributed by atoms with Crippen LogP contribution in [0.25, 0.3) is 0 Å². The van der Waals surface area contributed by atoms with Crippen molar-refractivity contribution in [3.63, 3.8) is 0 Å². The van der Waals surface area contributed by atoms with E-state index in [9.17, 15) is 9.18 Å². The van der Waals surface area contributed by atoms with E-state index in [1.54, 1.807) is 12.1 Å². The van der Waals surface area contributed by atoms with Crippen molar-refractivity contribution >= 4 is 39.2 Å². The summed E-state index contributed by atoms with van der Waals surface area (Å²) < 4.78 is 23.7. The molecule has 3 aromatic rings. The summed E-state index contributed by atoms with van der Waals surface area (Å²) in [6, 6.07) is 11.5. The number of ether oxygens (including phenoxy) is 1. The molecule has 1 aromatic heterocycles. The van der Waals surface area contributed by atoms with Crippen molar-refractivity contribution in [3.05, 3.63) is 69.6 Å². The lowest BCUT2D eigenvalue weighted by atomic mass is 10.1. The van der Waals surface area contributed by atoms with Crippen LogP contribution in [0.2, 0.25) is 0 Å². The van der Waals surface area contributed by atoms with Crippen LogP contribution in [0.15, 0.2) is 51.6 Å². The molecule has 2 heterocycles. The number of carbonyl (C=O) groups is 1. The predicted octanol–water partition coefficient (Wildman–Crippen LogP) is 3.49. The zero-order valence-corrected chi connectivity index (χ0v) is 18.5. The first kappa shape index (κ1) is 22.1. The number of hydrogen-bond donors (Lipinski definition) is 3. The second kappa shape index (κ2) is 9.98. The van der Waals surface area contributed by atoms with Gasteiger partial charge in [0.1, 0.15) is 5.82 Å². The molecule has 1 amide bonds. The van der Waals surface area contributed by atoms with Crippen LogP contribution in [0.5, 0.6) is 0 Å². The smallest absolute Gasteiger partial charge is 0.256 e. The van der Waals surface area contributed by atoms with Gasteiger partial charge in [0.2, 0.25) is 5.82 Å². The summed E-state index contributed by atoms with van der Waals surface area (Å²) in [5, 5.41) is 21.0. The number of nitrogens with one attached hydrogen (secondary N) is 3. The highest BCUT2D eigenvalue weighted by Crippen LogP contribution is 2.21. The molecule has 11 heteroatoms. The van der Waals surface area contributed by atoms with Crippen molar-refractivity contribution in [3.8, 4) is 0 Å². The Morgan fingerprint density at radius 1 is 1.12 bits per heavy atom. The predicted molar refractivity (Wildman–Crippen MR) is 119 cm³/mol. The maximum Gasteiger partial charge on any atom is 0.256 e. The molecule has 9 nitrogen and oxygen atoms in total. The molecular formula is C21H20BrFN6O3. The van der Waals surface area contributed by atoms with Crippen LogP contribution < -0.4 is 10.6 Å². The van der Waals surface area contributed by atoms with E-state index >= 15 is 0 Å². The van der Waals surface area contributed by atoms with E-state index in [1.807, 2.05) is 12.1 Å². The largest absolute Gasteiger partial charge is 0.379 e. The molecule has 1 saturated heterocycles. The lowest BCUT2D eigenvalue weighted by Crippen LogP contribution is -2.35. The average Bonchev–Trinajstić information content (AvgIpc) is 3.26. The highest BCUT2D eigenvalue weighted by atomic mass is 79.9. The van der Waals surface area contributed by atoms with E-state index in [-0.39, 0.29) is 21.8 Å². The Labute approximate surface area is 191 Å². The maximum absolute atomic E-state index is 13.4. The van der Waals surface area contributed by atoms with E-state index in [0.717, 1.165) is 38.4 Å². The first-order valence-electron chi connectivity index (χ1n) is 9.83. The molecule has 166 valence electrons. The van der Waals surface area contributed by atoms with Gasteiger partial charge in [-0.25, -0.2) is 9.02 Å². The number of amides is 1. The molecule has 0 aliphatic carbocycles. The van der Waals surface area contributed by atoms with E-state index in [1.165, 1.54) is 18.2 Å². The molecule has 1 fully saturated rings. The molecule has 32 heavy (non-hydrogen) atoms. The summed E-state index contributed by atoms with van der Waals surface area (Å²) in [6.45, 7) is 4.04. The molecule has 1 aliphatic heterocycles. The molecule has 0 radical (unpaired) electrons. The van der Waals surface area contributed by atoms with Crippen molar-refractivity contribution in [2.24, 2.45) is 0 Å². The number of amidine groups is 1. The number of benzene rings is 2. The Morgan fingerprint density at radius 2 is 1.88 bits per heavy atom. The Kier molecular flexibility index (Phi) is 6.88. The number of hydrogen-bond acceptors (Lipinski definition) is 7. The lowest BCUT2D eigenvalue weighted by Gasteiger charge is -2.26. The summed E-state index contributed by atoms with van der Waals surface area (Å²) in [4.78, 5) is 14.9. The fourth-order valence-electron chi connectivity index (χ4n) is 3.17. The number of aromatic nitrogens is 2. The molecule has 1 aliphatic rings. The first-order valence-corrected chi connectivity index (χ1v) is 10.6. The Hall–Kier alpha value is -3.15. The second-order valence-electron chi connectivity index (χ2n) is 7.13. The van der Waals surface area contributed by atoms with Crippen molar-refractivity contribution in [1.82, 2.24) is 15.2 Å². The van der Waals surface area contributed by atoms with Gasteiger partial charge in [0, 0.05) is 30.9 Å². The van der Waals surface area contributed by atoms with Crippen LogP contribution in [0.4, 0.5) is 15.9 Å². The van der Waals surface area contributed by atoms with Gasteiger partial charge in [-0.3, -0.25) is 15.1 Å². The van der Waals surface area contributed by atoms with Crippen LogP contribution >= 0.6 is 15.9 Å². The molecule has 4 rings (SSSR count). The average molecular weight is 503 g/mol. The molecular weight excluding hydrogens is 483 g/mol. The number of carbonyl (C=O) groups excluding carboxylic acids is 1. The standard InChI is InChI=1S/C21H20BrFN6O3/c22-16-11-15(5-6-17(16)23)25-19(24)18-20(28-32-27-18)26-21(30)14-3-1-13(2-4-14)12-29-7-9-31-10-8-29/h1-6,11H,7-10,12H2,(H2,24,25)(H,26,28,30). The maximum atomic E-state index is 13.4. The third-order valence-electron chi connectivity index (χ3n) is 4.87. The van der Waals surface area contributed by atoms with Crippen LogP contribution in [0.3, 0.4) is 0 Å². The number of rotatable bonds is 6. The molecule has 0 unspecified atom stereocenters. The van der Waals surface area contributed by atoms with E-state index in [2.05, 4.69) is 41.8 Å². The highest BCUT2D eigenvalue weighted by molar-refractivity contribution is 9.10. The zero-order valence-electron chi connectivity index (χ0n) is 16.9. The van der Waals surface area contributed by atoms with Gasteiger partial charge < -0.3 is 15.4 Å². The topological polar surface area (TPSA) is 116 Å². The molecule has 0 saturated carbocycles. The van der Waals surface area contributed by atoms with Gasteiger partial charge >= 0.3 is 0 Å². The molecule has 0 bridgehead atoms. The molecule has 0 atom stereocenters. The van der Waals surface area contributed by atoms with Gasteiger partial charge in [-0.15, -0.1) is 0 Å². The second-order valence-corrected chi connectivity index (χ2v) is 7.98. The van der Waals surface area contributed by atoms with Gasteiger partial charge in [-0.2, -0.15) is 0 Å². The van der Waals surface area contributed by atoms with E-state index < -0.39 is 11.7 Å². The quantitative estimate of drug-likeness (QED) is 0.348. The summed E-state index contributed by atoms with van der Waals surface area (Å²) >= 11 is 3.09. The fourth-order valence-corrected chi connectivity index (χ4v) is 3.55. The lowest BCUT2D eigenvalue weighted by molar-refractivity contribution is 0.0342. The Balaban J connectivity index is 1.39. The highest BCUT2D eigenvalue weighted by Gasteiger charge is 2.19. The number of morpholine rings is 1. The fraction of sp³-hybridized carbons (Fsp3) is 0.238. The monoisotopic (exact) mass is 502 g/mol. The van der Waals surface area contributed by atoms with Crippen LogP contribution in [-0.2, 0) is 11.3 Å². The van der Waals surface area contributed by atoms with Gasteiger partial charge in [0.25, 0.3) is 5.91 Å². The van der Waals surface area contributed by atoms with Crippen LogP contribution in [-0.4, -0.2) is 53.3 Å². The van der Waals surface area contributed by atoms with Gasteiger partial charge in [-0.1, -0.05) is 12.1 Å². The van der Waals surface area contributed by atoms with Crippen LogP contribution in [0, 0.1) is 11.2 Å². The van der Waals surface area contributed by atoms with Crippen molar-refractivity contribution in [2.45, 2.75) is 6.54 Å². The van der Waals surface area contributed by atoms with Crippen molar-refractivity contribution < 1.29 is 18.6 Å². The molecule has 0 spiro atoms. The minimum absolute atomic E-state index is 0.00562. The zero-order chi connectivity index (χ0) is 22.5. The summed E-state index contributed by atoms with van der Waals surface area (Å²) in [6.07, 6.45) is 0. The first-order chi connectivity index (χ1) is 15.5. The summed E-state index contributed by atoms with van der Waals surface area (Å²) in [5.74, 6) is -0.988.